The third kappa shape index (κ3) is 5.36. The second kappa shape index (κ2) is 8.93. The van der Waals surface area contributed by atoms with Gasteiger partial charge in [-0.25, -0.2) is 4.79 Å². The first-order valence-electron chi connectivity index (χ1n) is 8.60. The number of carboxylic acid groups (broad SMARTS) is 1. The number of hydrogen-bond donors (Lipinski definition) is 2. The third-order valence-electron chi connectivity index (χ3n) is 4.04. The van der Waals surface area contributed by atoms with Crippen LogP contribution in [0.3, 0.4) is 0 Å². The van der Waals surface area contributed by atoms with Crippen LogP contribution in [-0.2, 0) is 22.8 Å². The monoisotopic (exact) mass is 418 g/mol. The predicted octanol–water partition coefficient (Wildman–Crippen LogP) is 4.49. The Hall–Kier alpha value is -0.790. The molecule has 1 aromatic rings. The maximum absolute atomic E-state index is 11.8. The number of hydrogen-bond acceptors (Lipinski definition) is 6. The van der Waals surface area contributed by atoms with Crippen molar-refractivity contribution in [1.82, 2.24) is 4.72 Å². The van der Waals surface area contributed by atoms with Crippen molar-refractivity contribution in [1.29, 1.82) is 0 Å². The maximum Gasteiger partial charge on any atom is 0.412 e. The van der Waals surface area contributed by atoms with Crippen molar-refractivity contribution >= 4 is 41.8 Å². The Labute approximate surface area is 164 Å². The number of ether oxygens (including phenoxy) is 1. The van der Waals surface area contributed by atoms with Crippen molar-refractivity contribution in [2.45, 2.75) is 39.7 Å². The summed E-state index contributed by atoms with van der Waals surface area (Å²) in [5.74, 6) is 0.897. The Morgan fingerprint density at radius 2 is 2.23 bits per heavy atom. The number of anilines is 1. The summed E-state index contributed by atoms with van der Waals surface area (Å²) in [5, 5.41) is 9.67. The van der Waals surface area contributed by atoms with Crippen LogP contribution in [0, 0.1) is 0 Å². The molecule has 1 amide bonds. The van der Waals surface area contributed by atoms with Crippen molar-refractivity contribution in [2.75, 3.05) is 29.8 Å². The molecule has 1 unspecified atom stereocenters. The molecule has 2 rings (SSSR count). The molecule has 0 bridgehead atoms. The average Bonchev–Trinajstić information content (AvgIpc) is 2.89. The van der Waals surface area contributed by atoms with Crippen molar-refractivity contribution in [3.8, 4) is 5.75 Å². The van der Waals surface area contributed by atoms with E-state index in [4.69, 9.17) is 21.1 Å². The molecule has 26 heavy (non-hydrogen) atoms. The Bertz CT molecular complexity index is 699. The second-order valence-electron chi connectivity index (χ2n) is 6.64. The van der Waals surface area contributed by atoms with Gasteiger partial charge in [0.15, 0.2) is 0 Å². The van der Waals surface area contributed by atoms with E-state index in [9.17, 15) is 9.90 Å². The number of rotatable bonds is 9. The molecule has 1 heterocycles. The van der Waals surface area contributed by atoms with Gasteiger partial charge in [0, 0.05) is 18.6 Å². The Kier molecular flexibility index (Phi) is 7.39. The van der Waals surface area contributed by atoms with Crippen molar-refractivity contribution in [3.63, 3.8) is 0 Å². The van der Waals surface area contributed by atoms with Gasteiger partial charge in [0.05, 0.1) is 24.1 Å². The third-order valence-corrected chi connectivity index (χ3v) is 8.80. The maximum atomic E-state index is 11.8. The molecular weight excluding hydrogens is 391 g/mol. The second-order valence-corrected chi connectivity index (χ2v) is 12.3. The average molecular weight is 419 g/mol. The molecule has 0 saturated carbocycles. The smallest absolute Gasteiger partial charge is 0.412 e. The summed E-state index contributed by atoms with van der Waals surface area (Å²) in [4.78, 5) is 13.1. The molecule has 9 heteroatoms. The van der Waals surface area contributed by atoms with E-state index in [1.54, 1.807) is 6.07 Å². The zero-order valence-corrected chi connectivity index (χ0v) is 18.2. The van der Waals surface area contributed by atoms with Crippen LogP contribution in [0.2, 0.25) is 0 Å². The van der Waals surface area contributed by atoms with Crippen molar-refractivity contribution < 1.29 is 19.2 Å². The zero-order valence-electron chi connectivity index (χ0n) is 15.7. The molecule has 0 aromatic heterocycles. The van der Waals surface area contributed by atoms with Gasteiger partial charge < -0.3 is 14.4 Å². The normalized spacial score (nSPS) is 17.2. The molecule has 1 aliphatic rings. The molecule has 0 aliphatic carbocycles. The fourth-order valence-electron chi connectivity index (χ4n) is 2.78. The van der Waals surface area contributed by atoms with E-state index in [-0.39, 0.29) is 11.5 Å². The minimum absolute atomic E-state index is 0.237. The molecule has 6 nitrogen and oxygen atoms in total. The highest BCUT2D eigenvalue weighted by Crippen LogP contribution is 2.46. The van der Waals surface area contributed by atoms with Crippen LogP contribution < -0.4 is 14.4 Å². The van der Waals surface area contributed by atoms with Gasteiger partial charge in [0.2, 0.25) is 0 Å². The lowest BCUT2D eigenvalue weighted by Crippen LogP contribution is -2.31. The van der Waals surface area contributed by atoms with Gasteiger partial charge >= 0.3 is 6.09 Å². The van der Waals surface area contributed by atoms with E-state index in [0.29, 0.717) is 24.3 Å². The molecule has 1 aromatic carbocycles. The van der Waals surface area contributed by atoms with Gasteiger partial charge in [-0.15, -0.1) is 0 Å². The lowest BCUT2D eigenvalue weighted by Gasteiger charge is -2.24. The first-order valence-corrected chi connectivity index (χ1v) is 12.7. The van der Waals surface area contributed by atoms with Crippen molar-refractivity contribution in [2.24, 2.45) is 0 Å². The Morgan fingerprint density at radius 1 is 1.50 bits per heavy atom. The summed E-state index contributed by atoms with van der Waals surface area (Å²) in [7, 11) is 0. The summed E-state index contributed by atoms with van der Waals surface area (Å²) in [6, 6.07) is 5.64. The minimum Gasteiger partial charge on any atom is -0.485 e. The summed E-state index contributed by atoms with van der Waals surface area (Å²) in [6.45, 7) is 8.57. The summed E-state index contributed by atoms with van der Waals surface area (Å²) in [5.41, 5.74) is 1.29. The first kappa shape index (κ1) is 21.5. The van der Waals surface area contributed by atoms with Gasteiger partial charge in [-0.2, -0.15) is 0 Å². The van der Waals surface area contributed by atoms with Crippen LogP contribution in [0.25, 0.3) is 0 Å². The fourth-order valence-corrected chi connectivity index (χ4v) is 6.16. The van der Waals surface area contributed by atoms with Crippen LogP contribution in [0.4, 0.5) is 10.5 Å². The number of fused-ring (bicyclic) bond motifs is 1. The van der Waals surface area contributed by atoms with Crippen molar-refractivity contribution in [3.05, 3.63) is 23.8 Å². The summed E-state index contributed by atoms with van der Waals surface area (Å²) < 4.78 is 14.9. The van der Waals surface area contributed by atoms with Crippen LogP contribution >= 0.6 is 18.2 Å². The van der Waals surface area contributed by atoms with Gasteiger partial charge in [-0.3, -0.25) is 9.62 Å². The molecule has 1 atom stereocenters. The van der Waals surface area contributed by atoms with Gasteiger partial charge in [0.25, 0.3) is 0 Å². The quantitative estimate of drug-likeness (QED) is 0.265. The highest BCUT2D eigenvalue weighted by molar-refractivity contribution is 8.12. The lowest BCUT2D eigenvalue weighted by atomic mass is 10.0. The number of benzene rings is 1. The summed E-state index contributed by atoms with van der Waals surface area (Å²) in [6.07, 6.45) is -0.744. The number of nitrogens with zero attached hydrogens (tertiary/aromatic N) is 1. The molecule has 1 aliphatic heterocycles. The predicted molar refractivity (Wildman–Crippen MR) is 112 cm³/mol. The van der Waals surface area contributed by atoms with E-state index >= 15 is 0 Å². The number of para-hydroxylation sites is 1. The van der Waals surface area contributed by atoms with Gasteiger partial charge in [-0.05, 0) is 33.0 Å². The molecule has 0 saturated heterocycles. The Balaban J connectivity index is 2.05. The number of carbonyl (C=O) groups is 1. The molecule has 0 radical (unpaired) electrons. The zero-order chi connectivity index (χ0) is 19.4. The molecule has 0 fully saturated rings. The van der Waals surface area contributed by atoms with Crippen LogP contribution in [0.1, 0.15) is 33.3 Å². The molecule has 2 N–H and O–H groups in total. The van der Waals surface area contributed by atoms with Crippen LogP contribution in [0.5, 0.6) is 5.75 Å². The van der Waals surface area contributed by atoms with Crippen LogP contribution in [-0.4, -0.2) is 41.7 Å². The van der Waals surface area contributed by atoms with E-state index in [2.05, 4.69) is 4.72 Å². The van der Waals surface area contributed by atoms with Gasteiger partial charge in [0.1, 0.15) is 11.4 Å². The number of amides is 1. The highest BCUT2D eigenvalue weighted by atomic mass is 32.4. The minimum atomic E-state index is -1.88. The molecule has 0 spiro atoms. The van der Waals surface area contributed by atoms with Gasteiger partial charge in [-0.1, -0.05) is 42.8 Å². The largest absolute Gasteiger partial charge is 0.485 e. The van der Waals surface area contributed by atoms with E-state index in [1.807, 2.05) is 39.8 Å². The standard InChI is InChI=1S/C17H27N2O4PS2/c1-5-22-24(25,6-2)11-18-26-12-19(16(20)21)14-9-7-8-13-10-17(3,4)23-15(13)14/h7-9,18H,5-6,10-12H2,1-4H3,(H,20,21). The first-order chi connectivity index (χ1) is 12.2. The molecular formula is C17H27N2O4PS2. The van der Waals surface area contributed by atoms with E-state index < -0.39 is 12.4 Å². The highest BCUT2D eigenvalue weighted by Gasteiger charge is 2.34. The Morgan fingerprint density at radius 3 is 2.85 bits per heavy atom. The van der Waals surface area contributed by atoms with E-state index in [1.165, 1.54) is 16.8 Å². The summed E-state index contributed by atoms with van der Waals surface area (Å²) >= 11 is 6.90. The number of nitrogens with one attached hydrogen (secondary N) is 1. The molecule has 146 valence electrons. The van der Waals surface area contributed by atoms with Crippen LogP contribution in [0.15, 0.2) is 18.2 Å². The SMILES string of the molecule is CCOP(=S)(CC)CNSCN(C(=O)O)c1cccc2c1OC(C)(C)C2. The lowest BCUT2D eigenvalue weighted by molar-refractivity contribution is 0.138. The topological polar surface area (TPSA) is 71.0 Å². The van der Waals surface area contributed by atoms with E-state index in [0.717, 1.165) is 18.1 Å². The fraction of sp³-hybridized carbons (Fsp3) is 0.588.